The van der Waals surface area contributed by atoms with Crippen LogP contribution in [0, 0.1) is 0 Å². The fourth-order valence-electron chi connectivity index (χ4n) is 1.93. The van der Waals surface area contributed by atoms with Crippen molar-refractivity contribution in [3.05, 3.63) is 58.3 Å². The van der Waals surface area contributed by atoms with Crippen molar-refractivity contribution in [1.29, 1.82) is 0 Å². The van der Waals surface area contributed by atoms with E-state index in [1.807, 2.05) is 54.8 Å². The number of rotatable bonds is 5. The molecule has 0 saturated carbocycles. The first-order chi connectivity index (χ1) is 9.14. The second kappa shape index (κ2) is 5.99. The van der Waals surface area contributed by atoms with Crippen LogP contribution in [0.2, 0.25) is 0 Å². The van der Waals surface area contributed by atoms with E-state index in [4.69, 9.17) is 0 Å². The summed E-state index contributed by atoms with van der Waals surface area (Å²) < 4.78 is 0. The van der Waals surface area contributed by atoms with Gasteiger partial charge in [-0.05, 0) is 23.9 Å². The number of hydrogen-bond acceptors (Lipinski definition) is 3. The molecule has 100 valence electrons. The van der Waals surface area contributed by atoms with Crippen LogP contribution >= 0.6 is 11.3 Å². The highest BCUT2D eigenvalue weighted by atomic mass is 32.1. The van der Waals surface area contributed by atoms with E-state index in [-0.39, 0.29) is 12.5 Å². The highest BCUT2D eigenvalue weighted by Gasteiger charge is 2.27. The van der Waals surface area contributed by atoms with E-state index in [2.05, 4.69) is 5.32 Å². The highest BCUT2D eigenvalue weighted by molar-refractivity contribution is 7.10. The maximum atomic E-state index is 12.0. The number of thiophene rings is 1. The lowest BCUT2D eigenvalue weighted by Crippen LogP contribution is -2.46. The Bertz CT molecular complexity index is 524. The first kappa shape index (κ1) is 13.8. The van der Waals surface area contributed by atoms with Crippen LogP contribution in [0.5, 0.6) is 0 Å². The standard InChI is InChI=1S/C15H17NO2S/c1-15(11-17,12-6-3-2-4-7-12)16-14(18)10-13-8-5-9-19-13/h2-9,17H,10-11H2,1H3,(H,16,18). The van der Waals surface area contributed by atoms with Crippen molar-refractivity contribution in [3.63, 3.8) is 0 Å². The number of benzene rings is 1. The van der Waals surface area contributed by atoms with E-state index >= 15 is 0 Å². The number of carbonyl (C=O) groups excluding carboxylic acids is 1. The fraction of sp³-hybridized carbons (Fsp3) is 0.267. The molecule has 0 spiro atoms. The summed E-state index contributed by atoms with van der Waals surface area (Å²) in [5.41, 5.74) is 0.160. The molecule has 2 rings (SSSR count). The minimum atomic E-state index is -0.740. The smallest absolute Gasteiger partial charge is 0.226 e. The van der Waals surface area contributed by atoms with Crippen molar-refractivity contribution < 1.29 is 9.90 Å². The molecule has 1 aromatic heterocycles. The van der Waals surface area contributed by atoms with E-state index in [9.17, 15) is 9.90 Å². The Kier molecular flexibility index (Phi) is 4.35. The predicted octanol–water partition coefficient (Wildman–Crippen LogP) is 2.31. The number of carbonyl (C=O) groups is 1. The molecule has 19 heavy (non-hydrogen) atoms. The third-order valence-electron chi connectivity index (χ3n) is 3.06. The third-order valence-corrected chi connectivity index (χ3v) is 3.93. The number of nitrogens with one attached hydrogen (secondary N) is 1. The third kappa shape index (κ3) is 3.43. The van der Waals surface area contributed by atoms with Gasteiger partial charge in [-0.15, -0.1) is 11.3 Å². The topological polar surface area (TPSA) is 49.3 Å². The molecule has 0 aliphatic rings. The molecule has 0 bridgehead atoms. The Balaban J connectivity index is 2.08. The Labute approximate surface area is 116 Å². The quantitative estimate of drug-likeness (QED) is 0.880. The SMILES string of the molecule is CC(CO)(NC(=O)Cc1cccs1)c1ccccc1. The zero-order valence-electron chi connectivity index (χ0n) is 10.8. The van der Waals surface area contributed by atoms with Gasteiger partial charge in [0.1, 0.15) is 0 Å². The molecule has 4 heteroatoms. The highest BCUT2D eigenvalue weighted by Crippen LogP contribution is 2.20. The maximum Gasteiger partial charge on any atom is 0.226 e. The van der Waals surface area contributed by atoms with Gasteiger partial charge in [0.15, 0.2) is 0 Å². The summed E-state index contributed by atoms with van der Waals surface area (Å²) >= 11 is 1.56. The van der Waals surface area contributed by atoms with E-state index in [1.165, 1.54) is 0 Å². The molecule has 0 aliphatic carbocycles. The summed E-state index contributed by atoms with van der Waals surface area (Å²) in [7, 11) is 0. The van der Waals surface area contributed by atoms with Gasteiger partial charge in [0.2, 0.25) is 5.91 Å². The molecule has 1 amide bonds. The monoisotopic (exact) mass is 275 g/mol. The van der Waals surface area contributed by atoms with Crippen molar-refractivity contribution in [1.82, 2.24) is 5.32 Å². The fourth-order valence-corrected chi connectivity index (χ4v) is 2.64. The number of hydrogen-bond donors (Lipinski definition) is 2. The Morgan fingerprint density at radius 3 is 2.58 bits per heavy atom. The van der Waals surface area contributed by atoms with Crippen LogP contribution in [0.3, 0.4) is 0 Å². The molecule has 0 fully saturated rings. The van der Waals surface area contributed by atoms with Crippen LogP contribution in [0.15, 0.2) is 47.8 Å². The van der Waals surface area contributed by atoms with Gasteiger partial charge in [-0.1, -0.05) is 36.4 Å². The Hall–Kier alpha value is -1.65. The normalized spacial score (nSPS) is 13.8. The zero-order chi connectivity index (χ0) is 13.7. The van der Waals surface area contributed by atoms with Gasteiger partial charge in [-0.25, -0.2) is 0 Å². The van der Waals surface area contributed by atoms with Crippen molar-refractivity contribution in [2.45, 2.75) is 18.9 Å². The Morgan fingerprint density at radius 2 is 2.00 bits per heavy atom. The summed E-state index contributed by atoms with van der Waals surface area (Å²) in [6.45, 7) is 1.70. The molecule has 2 N–H and O–H groups in total. The molecule has 1 aromatic carbocycles. The Morgan fingerprint density at radius 1 is 1.26 bits per heavy atom. The molecular weight excluding hydrogens is 258 g/mol. The van der Waals surface area contributed by atoms with E-state index < -0.39 is 5.54 Å². The molecule has 1 heterocycles. The number of amides is 1. The average Bonchev–Trinajstić information content (AvgIpc) is 2.92. The summed E-state index contributed by atoms with van der Waals surface area (Å²) in [5.74, 6) is -0.0807. The molecule has 2 aromatic rings. The predicted molar refractivity (Wildman–Crippen MR) is 77.0 cm³/mol. The molecule has 3 nitrogen and oxygen atoms in total. The van der Waals surface area contributed by atoms with E-state index in [1.54, 1.807) is 11.3 Å². The van der Waals surface area contributed by atoms with Crippen LogP contribution in [0.25, 0.3) is 0 Å². The summed E-state index contributed by atoms with van der Waals surface area (Å²) in [5, 5.41) is 14.5. The lowest BCUT2D eigenvalue weighted by molar-refractivity contribution is -0.122. The largest absolute Gasteiger partial charge is 0.394 e. The van der Waals surface area contributed by atoms with Gasteiger partial charge in [0.05, 0.1) is 18.6 Å². The van der Waals surface area contributed by atoms with Gasteiger partial charge in [-0.2, -0.15) is 0 Å². The van der Waals surface area contributed by atoms with Gasteiger partial charge in [-0.3, -0.25) is 4.79 Å². The van der Waals surface area contributed by atoms with Crippen molar-refractivity contribution in [2.75, 3.05) is 6.61 Å². The van der Waals surface area contributed by atoms with Crippen LogP contribution in [-0.4, -0.2) is 17.6 Å². The van der Waals surface area contributed by atoms with Gasteiger partial charge < -0.3 is 10.4 Å². The minimum Gasteiger partial charge on any atom is -0.394 e. The first-order valence-electron chi connectivity index (χ1n) is 6.14. The molecule has 0 saturated heterocycles. The van der Waals surface area contributed by atoms with Crippen LogP contribution in [0.4, 0.5) is 0 Å². The van der Waals surface area contributed by atoms with Crippen molar-refractivity contribution in [3.8, 4) is 0 Å². The van der Waals surface area contributed by atoms with Gasteiger partial charge in [0, 0.05) is 4.88 Å². The molecule has 1 unspecified atom stereocenters. The summed E-state index contributed by atoms with van der Waals surface area (Å²) in [6.07, 6.45) is 0.347. The maximum absolute atomic E-state index is 12.0. The van der Waals surface area contributed by atoms with E-state index in [0.29, 0.717) is 6.42 Å². The summed E-state index contributed by atoms with van der Waals surface area (Å²) in [4.78, 5) is 13.1. The zero-order valence-corrected chi connectivity index (χ0v) is 11.6. The van der Waals surface area contributed by atoms with Crippen molar-refractivity contribution in [2.24, 2.45) is 0 Å². The van der Waals surface area contributed by atoms with E-state index in [0.717, 1.165) is 10.4 Å². The van der Waals surface area contributed by atoms with Crippen LogP contribution < -0.4 is 5.32 Å². The first-order valence-corrected chi connectivity index (χ1v) is 7.02. The second-order valence-corrected chi connectivity index (χ2v) is 5.69. The number of aliphatic hydroxyl groups excluding tert-OH is 1. The number of aliphatic hydroxyl groups is 1. The average molecular weight is 275 g/mol. The second-order valence-electron chi connectivity index (χ2n) is 4.66. The minimum absolute atomic E-state index is 0.0807. The molecule has 0 radical (unpaired) electrons. The van der Waals surface area contributed by atoms with Gasteiger partial charge >= 0.3 is 0 Å². The van der Waals surface area contributed by atoms with Crippen LogP contribution in [-0.2, 0) is 16.8 Å². The molecular formula is C15H17NO2S. The van der Waals surface area contributed by atoms with Crippen LogP contribution in [0.1, 0.15) is 17.4 Å². The lowest BCUT2D eigenvalue weighted by Gasteiger charge is -2.29. The molecule has 0 aliphatic heterocycles. The van der Waals surface area contributed by atoms with Gasteiger partial charge in [0.25, 0.3) is 0 Å². The molecule has 1 atom stereocenters. The summed E-state index contributed by atoms with van der Waals surface area (Å²) in [6, 6.07) is 13.4. The van der Waals surface area contributed by atoms with Crippen molar-refractivity contribution >= 4 is 17.2 Å². The lowest BCUT2D eigenvalue weighted by atomic mass is 9.92.